The Bertz CT molecular complexity index is 997. The third-order valence-electron chi connectivity index (χ3n) is 6.07. The molecule has 180 valence electrons. The fourth-order valence-electron chi connectivity index (χ4n) is 4.63. The lowest BCUT2D eigenvalue weighted by Crippen LogP contribution is -2.47. The lowest BCUT2D eigenvalue weighted by atomic mass is 10.0. The Kier molecular flexibility index (Phi) is 8.54. The molecular weight excluding hydrogens is 434 g/mol. The Balaban J connectivity index is 1.60. The molecule has 3 rings (SSSR count). The van der Waals surface area contributed by atoms with Crippen LogP contribution < -0.4 is 10.2 Å². The number of piperidine rings is 1. The summed E-state index contributed by atoms with van der Waals surface area (Å²) in [5, 5.41) is 3.18. The van der Waals surface area contributed by atoms with Gasteiger partial charge in [-0.1, -0.05) is 30.3 Å². The van der Waals surface area contributed by atoms with Gasteiger partial charge in [0.25, 0.3) is 0 Å². The number of sulfonamides is 1. The first-order valence-corrected chi connectivity index (χ1v) is 13.3. The Morgan fingerprint density at radius 1 is 1.03 bits per heavy atom. The van der Waals surface area contributed by atoms with Crippen molar-refractivity contribution in [2.45, 2.75) is 76.4 Å². The smallest absolute Gasteiger partial charge is 0.243 e. The summed E-state index contributed by atoms with van der Waals surface area (Å²) in [5.74, 6) is 0.0783. The molecule has 7 heteroatoms. The number of carbonyl (C=O) groups excluding carboxylic acids is 1. The van der Waals surface area contributed by atoms with E-state index in [9.17, 15) is 13.2 Å². The van der Waals surface area contributed by atoms with Gasteiger partial charge in [-0.05, 0) is 76.8 Å². The van der Waals surface area contributed by atoms with E-state index < -0.39 is 10.0 Å². The van der Waals surface area contributed by atoms with Gasteiger partial charge in [0.15, 0.2) is 0 Å². The second kappa shape index (κ2) is 11.2. The van der Waals surface area contributed by atoms with Crippen molar-refractivity contribution < 1.29 is 13.2 Å². The van der Waals surface area contributed by atoms with Gasteiger partial charge in [-0.2, -0.15) is 4.31 Å². The van der Waals surface area contributed by atoms with Crippen molar-refractivity contribution in [1.29, 1.82) is 0 Å². The molecule has 1 N–H and O–H groups in total. The van der Waals surface area contributed by atoms with Crippen molar-refractivity contribution in [2.24, 2.45) is 0 Å². The molecule has 0 radical (unpaired) electrons. The van der Waals surface area contributed by atoms with Gasteiger partial charge in [0.05, 0.1) is 4.90 Å². The molecule has 1 unspecified atom stereocenters. The zero-order chi connectivity index (χ0) is 24.0. The highest BCUT2D eigenvalue weighted by Crippen LogP contribution is 2.25. The van der Waals surface area contributed by atoms with Crippen LogP contribution in [0.25, 0.3) is 0 Å². The van der Waals surface area contributed by atoms with Gasteiger partial charge >= 0.3 is 0 Å². The Morgan fingerprint density at radius 3 is 2.27 bits per heavy atom. The molecule has 0 saturated carbocycles. The molecule has 33 heavy (non-hydrogen) atoms. The molecule has 1 amide bonds. The summed E-state index contributed by atoms with van der Waals surface area (Å²) in [6.45, 7) is 9.21. The summed E-state index contributed by atoms with van der Waals surface area (Å²) in [7, 11) is -3.55. The quantitative estimate of drug-likeness (QED) is 0.595. The maximum absolute atomic E-state index is 13.1. The van der Waals surface area contributed by atoms with Crippen LogP contribution in [-0.4, -0.2) is 49.8 Å². The number of benzene rings is 2. The number of hydrogen-bond acceptors (Lipinski definition) is 4. The van der Waals surface area contributed by atoms with Gasteiger partial charge in [-0.3, -0.25) is 4.79 Å². The molecule has 1 atom stereocenters. The van der Waals surface area contributed by atoms with E-state index in [0.717, 1.165) is 38.0 Å². The highest BCUT2D eigenvalue weighted by Gasteiger charge is 2.29. The van der Waals surface area contributed by atoms with Crippen molar-refractivity contribution in [3.63, 3.8) is 0 Å². The van der Waals surface area contributed by atoms with Crippen LogP contribution in [0.2, 0.25) is 0 Å². The topological polar surface area (TPSA) is 69.7 Å². The van der Waals surface area contributed by atoms with Crippen LogP contribution >= 0.6 is 0 Å². The second-order valence-electron chi connectivity index (χ2n) is 9.35. The van der Waals surface area contributed by atoms with E-state index >= 15 is 0 Å². The van der Waals surface area contributed by atoms with Crippen LogP contribution in [0.5, 0.6) is 0 Å². The molecule has 1 saturated heterocycles. The Morgan fingerprint density at radius 2 is 1.67 bits per heavy atom. The number of carbonyl (C=O) groups is 1. The molecule has 6 nitrogen and oxygen atoms in total. The zero-order valence-electron chi connectivity index (χ0n) is 20.2. The van der Waals surface area contributed by atoms with E-state index in [4.69, 9.17) is 0 Å². The second-order valence-corrected chi connectivity index (χ2v) is 11.2. The van der Waals surface area contributed by atoms with Crippen LogP contribution in [0.1, 0.15) is 52.5 Å². The molecule has 0 spiro atoms. The third kappa shape index (κ3) is 6.58. The predicted octanol–water partition coefficient (Wildman–Crippen LogP) is 4.21. The van der Waals surface area contributed by atoms with Crippen LogP contribution in [-0.2, 0) is 21.2 Å². The van der Waals surface area contributed by atoms with Crippen molar-refractivity contribution in [3.05, 3.63) is 60.2 Å². The van der Waals surface area contributed by atoms with Crippen molar-refractivity contribution in [3.8, 4) is 0 Å². The minimum absolute atomic E-state index is 0.0783. The van der Waals surface area contributed by atoms with Crippen LogP contribution in [0, 0.1) is 0 Å². The van der Waals surface area contributed by atoms with Gasteiger partial charge in [-0.25, -0.2) is 8.42 Å². The first-order valence-electron chi connectivity index (χ1n) is 11.9. The Hall–Kier alpha value is -2.38. The first kappa shape index (κ1) is 25.2. The monoisotopic (exact) mass is 471 g/mol. The first-order chi connectivity index (χ1) is 15.7. The van der Waals surface area contributed by atoms with Gasteiger partial charge in [-0.15, -0.1) is 0 Å². The number of aryl methyl sites for hydroxylation is 1. The maximum Gasteiger partial charge on any atom is 0.243 e. The summed E-state index contributed by atoms with van der Waals surface area (Å²) < 4.78 is 27.8. The van der Waals surface area contributed by atoms with Crippen LogP contribution in [0.15, 0.2) is 59.5 Å². The lowest BCUT2D eigenvalue weighted by molar-refractivity contribution is -0.121. The number of rotatable bonds is 9. The summed E-state index contributed by atoms with van der Waals surface area (Å²) in [4.78, 5) is 15.0. The van der Waals surface area contributed by atoms with Crippen LogP contribution in [0.4, 0.5) is 5.69 Å². The normalized spacial score (nSPS) is 17.1. The average molecular weight is 472 g/mol. The van der Waals surface area contributed by atoms with E-state index in [1.54, 1.807) is 16.4 Å². The van der Waals surface area contributed by atoms with E-state index in [-0.39, 0.29) is 24.0 Å². The molecule has 2 aromatic rings. The highest BCUT2D eigenvalue weighted by atomic mass is 32.2. The van der Waals surface area contributed by atoms with Crippen molar-refractivity contribution >= 4 is 21.6 Å². The summed E-state index contributed by atoms with van der Waals surface area (Å²) in [6.07, 6.45) is 3.16. The fourth-order valence-corrected chi connectivity index (χ4v) is 6.47. The highest BCUT2D eigenvalue weighted by molar-refractivity contribution is 7.89. The SMILES string of the molecule is CC(C)N(C(C)C)S(=O)(=O)c1ccc(N2CCCC(NC(=O)CCc3ccccc3)C2)cc1. The predicted molar refractivity (Wildman–Crippen MR) is 134 cm³/mol. The van der Waals surface area contributed by atoms with Gasteiger partial charge in [0.2, 0.25) is 15.9 Å². The lowest BCUT2D eigenvalue weighted by Gasteiger charge is -2.35. The molecule has 2 aromatic carbocycles. The minimum atomic E-state index is -3.55. The van der Waals surface area contributed by atoms with Gasteiger partial charge < -0.3 is 10.2 Å². The van der Waals surface area contributed by atoms with Gasteiger partial charge in [0.1, 0.15) is 0 Å². The van der Waals surface area contributed by atoms with E-state index in [1.165, 1.54) is 5.56 Å². The largest absolute Gasteiger partial charge is 0.369 e. The molecule has 0 aromatic heterocycles. The van der Waals surface area contributed by atoms with Crippen molar-refractivity contribution in [1.82, 2.24) is 9.62 Å². The summed E-state index contributed by atoms with van der Waals surface area (Å²) in [6, 6.07) is 17.1. The molecule has 1 fully saturated rings. The molecule has 0 aliphatic carbocycles. The van der Waals surface area contributed by atoms with E-state index in [0.29, 0.717) is 11.3 Å². The number of nitrogens with zero attached hydrogens (tertiary/aromatic N) is 2. The van der Waals surface area contributed by atoms with Crippen LogP contribution in [0.3, 0.4) is 0 Å². The van der Waals surface area contributed by atoms with E-state index in [2.05, 4.69) is 10.2 Å². The van der Waals surface area contributed by atoms with E-state index in [1.807, 2.05) is 70.2 Å². The fraction of sp³-hybridized carbons (Fsp3) is 0.500. The number of hydrogen-bond donors (Lipinski definition) is 1. The number of anilines is 1. The molecule has 0 bridgehead atoms. The maximum atomic E-state index is 13.1. The van der Waals surface area contributed by atoms with Gasteiger partial charge in [0, 0.05) is 43.3 Å². The summed E-state index contributed by atoms with van der Waals surface area (Å²) in [5.41, 5.74) is 2.15. The number of nitrogens with one attached hydrogen (secondary N) is 1. The minimum Gasteiger partial charge on any atom is -0.369 e. The van der Waals surface area contributed by atoms with Crippen molar-refractivity contribution in [2.75, 3.05) is 18.0 Å². The summed E-state index contributed by atoms with van der Waals surface area (Å²) >= 11 is 0. The molecular formula is C26H37N3O3S. The molecule has 1 aliphatic heterocycles. The average Bonchev–Trinajstić information content (AvgIpc) is 2.78. The zero-order valence-corrected chi connectivity index (χ0v) is 21.0. The standard InChI is InChI=1S/C26H37N3O3S/c1-20(2)29(21(3)4)33(31,32)25-15-13-24(14-16-25)28-18-8-11-23(19-28)27-26(30)17-12-22-9-6-5-7-10-22/h5-7,9-10,13-16,20-21,23H,8,11-12,17-19H2,1-4H3,(H,27,30). The Labute approximate surface area is 199 Å². The number of amides is 1. The molecule has 1 heterocycles. The third-order valence-corrected chi connectivity index (χ3v) is 8.33. The molecule has 1 aliphatic rings.